The zero-order valence-electron chi connectivity index (χ0n) is 10.3. The van der Waals surface area contributed by atoms with Gasteiger partial charge in [-0.1, -0.05) is 0 Å². The first-order chi connectivity index (χ1) is 8.10. The molecule has 2 rings (SSSR count). The Morgan fingerprint density at radius 3 is 2.82 bits per heavy atom. The number of aliphatic carboxylic acids is 1. The number of carbonyl (C=O) groups is 1. The summed E-state index contributed by atoms with van der Waals surface area (Å²) in [6.07, 6.45) is 4.36. The van der Waals surface area contributed by atoms with E-state index in [1.807, 2.05) is 0 Å². The standard InChI is InChI=1S/C12H21NO4/c1-12(11(14)15,13-9-4-5-9)8-16-7-10-3-2-6-17-10/h9-10,13H,2-8H2,1H3,(H,14,15). The Kier molecular flexibility index (Phi) is 4.01. The lowest BCUT2D eigenvalue weighted by atomic mass is 10.0. The molecule has 1 saturated heterocycles. The van der Waals surface area contributed by atoms with Crippen LogP contribution in [0.25, 0.3) is 0 Å². The number of ether oxygens (including phenoxy) is 2. The van der Waals surface area contributed by atoms with Crippen molar-refractivity contribution in [2.45, 2.75) is 50.3 Å². The molecule has 0 bridgehead atoms. The molecule has 0 amide bonds. The van der Waals surface area contributed by atoms with Crippen LogP contribution in [-0.2, 0) is 14.3 Å². The van der Waals surface area contributed by atoms with Gasteiger partial charge in [-0.15, -0.1) is 0 Å². The molecule has 17 heavy (non-hydrogen) atoms. The summed E-state index contributed by atoms with van der Waals surface area (Å²) in [4.78, 5) is 11.2. The molecule has 2 atom stereocenters. The van der Waals surface area contributed by atoms with E-state index >= 15 is 0 Å². The third kappa shape index (κ3) is 3.66. The second kappa shape index (κ2) is 5.33. The highest BCUT2D eigenvalue weighted by Gasteiger charge is 2.39. The molecule has 0 aromatic heterocycles. The van der Waals surface area contributed by atoms with Gasteiger partial charge >= 0.3 is 5.97 Å². The molecule has 0 spiro atoms. The van der Waals surface area contributed by atoms with Gasteiger partial charge in [0.2, 0.25) is 0 Å². The average molecular weight is 243 g/mol. The summed E-state index contributed by atoms with van der Waals surface area (Å²) in [6, 6.07) is 0.349. The number of hydrogen-bond acceptors (Lipinski definition) is 4. The highest BCUT2D eigenvalue weighted by molar-refractivity contribution is 5.78. The SMILES string of the molecule is CC(COCC1CCCO1)(NC1CC1)C(=O)O. The van der Waals surface area contributed by atoms with Crippen LogP contribution >= 0.6 is 0 Å². The molecule has 2 N–H and O–H groups in total. The van der Waals surface area contributed by atoms with Gasteiger partial charge in [-0.2, -0.15) is 0 Å². The van der Waals surface area contributed by atoms with Gasteiger partial charge in [0.1, 0.15) is 5.54 Å². The molecule has 5 nitrogen and oxygen atoms in total. The molecule has 1 aliphatic carbocycles. The Bertz CT molecular complexity index is 274. The zero-order valence-corrected chi connectivity index (χ0v) is 10.3. The van der Waals surface area contributed by atoms with Crippen molar-refractivity contribution in [3.8, 4) is 0 Å². The molecule has 2 fully saturated rings. The number of rotatable bonds is 7. The van der Waals surface area contributed by atoms with Gasteiger partial charge in [-0.05, 0) is 32.6 Å². The Labute approximate surface area is 101 Å². The van der Waals surface area contributed by atoms with Crippen LogP contribution in [0, 0.1) is 0 Å². The third-order valence-corrected chi connectivity index (χ3v) is 3.29. The molecule has 0 radical (unpaired) electrons. The van der Waals surface area contributed by atoms with Crippen LogP contribution in [0.3, 0.4) is 0 Å². The average Bonchev–Trinajstić information content (AvgIpc) is 2.93. The van der Waals surface area contributed by atoms with E-state index < -0.39 is 11.5 Å². The van der Waals surface area contributed by atoms with E-state index in [1.165, 1.54) is 0 Å². The molecule has 98 valence electrons. The van der Waals surface area contributed by atoms with Gasteiger partial charge in [-0.3, -0.25) is 10.1 Å². The van der Waals surface area contributed by atoms with Crippen LogP contribution in [0.5, 0.6) is 0 Å². The smallest absolute Gasteiger partial charge is 0.326 e. The predicted octanol–water partition coefficient (Wildman–Crippen LogP) is 0.777. The summed E-state index contributed by atoms with van der Waals surface area (Å²) in [5.74, 6) is -0.850. The first kappa shape index (κ1) is 12.8. The van der Waals surface area contributed by atoms with Gasteiger partial charge in [-0.25, -0.2) is 0 Å². The summed E-state index contributed by atoms with van der Waals surface area (Å²) < 4.78 is 10.9. The van der Waals surface area contributed by atoms with Crippen LogP contribution < -0.4 is 5.32 Å². The van der Waals surface area contributed by atoms with E-state index in [4.69, 9.17) is 9.47 Å². The summed E-state index contributed by atoms with van der Waals surface area (Å²) in [7, 11) is 0. The van der Waals surface area contributed by atoms with Crippen LogP contribution in [0.1, 0.15) is 32.6 Å². The molecule has 1 saturated carbocycles. The van der Waals surface area contributed by atoms with Crippen LogP contribution in [0.15, 0.2) is 0 Å². The second-order valence-corrected chi connectivity index (χ2v) is 5.21. The van der Waals surface area contributed by atoms with E-state index in [1.54, 1.807) is 6.92 Å². The Morgan fingerprint density at radius 1 is 1.53 bits per heavy atom. The van der Waals surface area contributed by atoms with Gasteiger partial charge in [0.05, 0.1) is 19.3 Å². The summed E-state index contributed by atoms with van der Waals surface area (Å²) >= 11 is 0. The van der Waals surface area contributed by atoms with E-state index in [-0.39, 0.29) is 12.7 Å². The van der Waals surface area contributed by atoms with Crippen LogP contribution in [0.4, 0.5) is 0 Å². The summed E-state index contributed by atoms with van der Waals surface area (Å²) in [5, 5.41) is 12.4. The van der Waals surface area contributed by atoms with Gasteiger partial charge < -0.3 is 14.6 Å². The number of nitrogens with one attached hydrogen (secondary N) is 1. The molecule has 0 aromatic rings. The van der Waals surface area contributed by atoms with Crippen molar-refractivity contribution in [2.75, 3.05) is 19.8 Å². The minimum Gasteiger partial charge on any atom is -0.480 e. The topological polar surface area (TPSA) is 67.8 Å². The molecule has 1 heterocycles. The van der Waals surface area contributed by atoms with Gasteiger partial charge in [0, 0.05) is 12.6 Å². The highest BCUT2D eigenvalue weighted by Crippen LogP contribution is 2.23. The summed E-state index contributed by atoms with van der Waals surface area (Å²) in [6.45, 7) is 3.17. The van der Waals surface area contributed by atoms with Crippen molar-refractivity contribution >= 4 is 5.97 Å². The lowest BCUT2D eigenvalue weighted by Gasteiger charge is -2.26. The normalized spacial score (nSPS) is 27.9. The van der Waals surface area contributed by atoms with Crippen LogP contribution in [0.2, 0.25) is 0 Å². The quantitative estimate of drug-likeness (QED) is 0.691. The summed E-state index contributed by atoms with van der Waals surface area (Å²) in [5.41, 5.74) is -0.972. The fourth-order valence-electron chi connectivity index (χ4n) is 2.01. The van der Waals surface area contributed by atoms with Gasteiger partial charge in [0.25, 0.3) is 0 Å². The van der Waals surface area contributed by atoms with Gasteiger partial charge in [0.15, 0.2) is 0 Å². The lowest BCUT2D eigenvalue weighted by molar-refractivity contribution is -0.147. The first-order valence-electron chi connectivity index (χ1n) is 6.30. The first-order valence-corrected chi connectivity index (χ1v) is 6.30. The van der Waals surface area contributed by atoms with Crippen molar-refractivity contribution in [1.29, 1.82) is 0 Å². The molecular weight excluding hydrogens is 222 g/mol. The number of carboxylic acid groups (broad SMARTS) is 1. The zero-order chi connectivity index (χ0) is 12.3. The Balaban J connectivity index is 1.73. The minimum absolute atomic E-state index is 0.147. The van der Waals surface area contributed by atoms with Crippen molar-refractivity contribution in [3.05, 3.63) is 0 Å². The van der Waals surface area contributed by atoms with E-state index in [0.29, 0.717) is 12.6 Å². The highest BCUT2D eigenvalue weighted by atomic mass is 16.5. The van der Waals surface area contributed by atoms with Crippen LogP contribution in [-0.4, -0.2) is 48.6 Å². The maximum atomic E-state index is 11.2. The fraction of sp³-hybridized carbons (Fsp3) is 0.917. The predicted molar refractivity (Wildman–Crippen MR) is 62.0 cm³/mol. The van der Waals surface area contributed by atoms with Crippen molar-refractivity contribution in [1.82, 2.24) is 5.32 Å². The van der Waals surface area contributed by atoms with E-state index in [0.717, 1.165) is 32.3 Å². The maximum absolute atomic E-state index is 11.2. The number of hydrogen-bond donors (Lipinski definition) is 2. The van der Waals surface area contributed by atoms with Crippen molar-refractivity contribution in [2.24, 2.45) is 0 Å². The van der Waals surface area contributed by atoms with E-state index in [9.17, 15) is 9.90 Å². The Hall–Kier alpha value is -0.650. The van der Waals surface area contributed by atoms with E-state index in [2.05, 4.69) is 5.32 Å². The molecule has 2 aliphatic rings. The van der Waals surface area contributed by atoms with Crippen molar-refractivity contribution in [3.63, 3.8) is 0 Å². The molecule has 1 aliphatic heterocycles. The van der Waals surface area contributed by atoms with Crippen molar-refractivity contribution < 1.29 is 19.4 Å². The fourth-order valence-corrected chi connectivity index (χ4v) is 2.01. The molecule has 2 unspecified atom stereocenters. The third-order valence-electron chi connectivity index (χ3n) is 3.29. The molecule has 5 heteroatoms. The lowest BCUT2D eigenvalue weighted by Crippen LogP contribution is -2.54. The Morgan fingerprint density at radius 2 is 2.29 bits per heavy atom. The molecule has 0 aromatic carbocycles. The largest absolute Gasteiger partial charge is 0.480 e. The monoisotopic (exact) mass is 243 g/mol. The minimum atomic E-state index is -0.972. The molecular formula is C12H21NO4. The maximum Gasteiger partial charge on any atom is 0.326 e. The number of carboxylic acids is 1. The second-order valence-electron chi connectivity index (χ2n) is 5.21.